The largest absolute Gasteiger partial charge is 0.384 e. The van der Waals surface area contributed by atoms with Gasteiger partial charge in [0.05, 0.1) is 0 Å². The Morgan fingerprint density at radius 2 is 2.00 bits per heavy atom. The smallest absolute Gasteiger partial charge is 0.319 e. The molecule has 0 aliphatic rings. The molecule has 0 heterocycles. The van der Waals surface area contributed by atoms with E-state index >= 15 is 0 Å². The van der Waals surface area contributed by atoms with E-state index in [1.807, 2.05) is 0 Å². The fourth-order valence-electron chi connectivity index (χ4n) is 0.961. The molecule has 5 heteroatoms. The molecule has 76 valence electrons. The van der Waals surface area contributed by atoms with Crippen LogP contribution in [0.3, 0.4) is 0 Å². The monoisotopic (exact) mass is 216 g/mol. The molecule has 0 aliphatic carbocycles. The maximum Gasteiger partial charge on any atom is 0.384 e. The Balaban J connectivity index is 3.10. The van der Waals surface area contributed by atoms with Gasteiger partial charge in [-0.15, -0.1) is 0 Å². The van der Waals surface area contributed by atoms with Crippen LogP contribution in [0.25, 0.3) is 6.08 Å². The first-order valence-corrected chi connectivity index (χ1v) is 5.51. The molecule has 0 saturated heterocycles. The number of rotatable bonds is 2. The lowest BCUT2D eigenvalue weighted by molar-refractivity contribution is 0.369. The van der Waals surface area contributed by atoms with Crippen molar-refractivity contribution in [2.24, 2.45) is 0 Å². The van der Waals surface area contributed by atoms with Crippen molar-refractivity contribution < 1.29 is 18.7 Å². The Hall–Kier alpha value is -0.960. The zero-order valence-electron chi connectivity index (χ0n) is 7.51. The maximum absolute atomic E-state index is 12.9. The highest BCUT2D eigenvalue weighted by Gasteiger charge is 2.20. The third-order valence-corrected chi connectivity index (χ3v) is 2.43. The van der Waals surface area contributed by atoms with Crippen molar-refractivity contribution in [2.45, 2.75) is 6.92 Å². The topological polar surface area (TPSA) is 57.5 Å². The Morgan fingerprint density at radius 3 is 2.50 bits per heavy atom. The molecule has 14 heavy (non-hydrogen) atoms. The number of benzene rings is 1. The standard InChI is InChI=1S/C9H10FO3P/c1-7-4-2-3-5-8(7)6-9(10)14(11,12)13/h2-6H,1H3,(H2,11,12,13). The van der Waals surface area contributed by atoms with Crippen LogP contribution in [0.4, 0.5) is 4.39 Å². The van der Waals surface area contributed by atoms with Crippen LogP contribution >= 0.6 is 7.60 Å². The molecule has 0 atom stereocenters. The van der Waals surface area contributed by atoms with Crippen LogP contribution in [0.1, 0.15) is 11.1 Å². The molecule has 1 aromatic rings. The van der Waals surface area contributed by atoms with Gasteiger partial charge in [0.15, 0.2) is 0 Å². The Kier molecular flexibility index (Phi) is 3.21. The molecule has 1 rings (SSSR count). The minimum atomic E-state index is -4.75. The summed E-state index contributed by atoms with van der Waals surface area (Å²) in [6.45, 7) is 1.73. The molecule has 2 N–H and O–H groups in total. The molecule has 0 amide bonds. The van der Waals surface area contributed by atoms with Gasteiger partial charge < -0.3 is 9.79 Å². The van der Waals surface area contributed by atoms with Crippen molar-refractivity contribution in [1.82, 2.24) is 0 Å². The summed E-state index contributed by atoms with van der Waals surface area (Å²) in [5, 5.41) is 0. The number of halogens is 1. The van der Waals surface area contributed by atoms with Crippen molar-refractivity contribution in [3.8, 4) is 0 Å². The summed E-state index contributed by atoms with van der Waals surface area (Å²) in [5.74, 6) is 0. The third-order valence-electron chi connectivity index (χ3n) is 1.74. The van der Waals surface area contributed by atoms with E-state index in [-0.39, 0.29) is 0 Å². The molecule has 0 radical (unpaired) electrons. The minimum Gasteiger partial charge on any atom is -0.319 e. The van der Waals surface area contributed by atoms with Crippen LogP contribution < -0.4 is 0 Å². The van der Waals surface area contributed by atoms with E-state index in [2.05, 4.69) is 0 Å². The second-order valence-corrected chi connectivity index (χ2v) is 4.38. The van der Waals surface area contributed by atoms with Crippen molar-refractivity contribution in [1.29, 1.82) is 0 Å². The van der Waals surface area contributed by atoms with E-state index in [1.54, 1.807) is 31.2 Å². The summed E-state index contributed by atoms with van der Waals surface area (Å²) in [7, 11) is -4.75. The molecule has 0 spiro atoms. The Morgan fingerprint density at radius 1 is 1.43 bits per heavy atom. The number of hydrogen-bond acceptors (Lipinski definition) is 1. The van der Waals surface area contributed by atoms with Crippen molar-refractivity contribution in [3.05, 3.63) is 41.0 Å². The van der Waals surface area contributed by atoms with Crippen LogP contribution in [-0.2, 0) is 4.57 Å². The number of hydrogen-bond donors (Lipinski definition) is 2. The highest BCUT2D eigenvalue weighted by Crippen LogP contribution is 2.46. The summed E-state index contributed by atoms with van der Waals surface area (Å²) < 4.78 is 23.4. The van der Waals surface area contributed by atoms with Crippen molar-refractivity contribution >= 4 is 13.7 Å². The molecule has 0 aliphatic heterocycles. The van der Waals surface area contributed by atoms with Gasteiger partial charge in [-0.05, 0) is 24.1 Å². The molecule has 0 aromatic heterocycles. The second-order valence-electron chi connectivity index (χ2n) is 2.87. The maximum atomic E-state index is 12.9. The summed E-state index contributed by atoms with van der Waals surface area (Å²) in [5.41, 5.74) is -0.184. The van der Waals surface area contributed by atoms with Gasteiger partial charge in [0.25, 0.3) is 0 Å². The Labute approximate surface area is 81.1 Å². The van der Waals surface area contributed by atoms with Gasteiger partial charge in [0.2, 0.25) is 5.57 Å². The van der Waals surface area contributed by atoms with Gasteiger partial charge >= 0.3 is 7.60 Å². The average molecular weight is 216 g/mol. The number of aryl methyl sites for hydroxylation is 1. The highest BCUT2D eigenvalue weighted by atomic mass is 31.2. The highest BCUT2D eigenvalue weighted by molar-refractivity contribution is 7.56. The molecule has 3 nitrogen and oxygen atoms in total. The molecular weight excluding hydrogens is 206 g/mol. The molecular formula is C9H10FO3P. The van der Waals surface area contributed by atoms with Gasteiger partial charge in [-0.1, -0.05) is 24.3 Å². The van der Waals surface area contributed by atoms with E-state index in [0.717, 1.165) is 11.6 Å². The predicted octanol–water partition coefficient (Wildman–Crippen LogP) is 2.44. The van der Waals surface area contributed by atoms with Gasteiger partial charge in [0.1, 0.15) is 0 Å². The van der Waals surface area contributed by atoms with Crippen LogP contribution in [0.15, 0.2) is 29.8 Å². The van der Waals surface area contributed by atoms with Crippen LogP contribution in [-0.4, -0.2) is 9.79 Å². The van der Waals surface area contributed by atoms with Gasteiger partial charge in [-0.2, -0.15) is 4.39 Å². The lowest BCUT2D eigenvalue weighted by Gasteiger charge is -2.02. The van der Waals surface area contributed by atoms with E-state index in [9.17, 15) is 8.96 Å². The summed E-state index contributed by atoms with van der Waals surface area (Å²) >= 11 is 0. The molecule has 0 fully saturated rings. The van der Waals surface area contributed by atoms with Gasteiger partial charge in [-0.25, -0.2) is 0 Å². The Bertz CT molecular complexity index is 408. The molecule has 0 saturated carbocycles. The lowest BCUT2D eigenvalue weighted by Crippen LogP contribution is -1.82. The second kappa shape index (κ2) is 4.05. The van der Waals surface area contributed by atoms with Crippen LogP contribution in [0.2, 0.25) is 0 Å². The first-order valence-electron chi connectivity index (χ1n) is 3.90. The quantitative estimate of drug-likeness (QED) is 0.746. The van der Waals surface area contributed by atoms with E-state index in [4.69, 9.17) is 9.79 Å². The first kappa shape index (κ1) is 11.1. The van der Waals surface area contributed by atoms with Gasteiger partial charge in [-0.3, -0.25) is 4.57 Å². The van der Waals surface area contributed by atoms with Crippen LogP contribution in [0.5, 0.6) is 0 Å². The van der Waals surface area contributed by atoms with Crippen LogP contribution in [0, 0.1) is 6.92 Å². The lowest BCUT2D eigenvalue weighted by atomic mass is 10.1. The third kappa shape index (κ3) is 2.77. The fourth-order valence-corrected chi connectivity index (χ4v) is 1.27. The molecule has 0 unspecified atom stereocenters. The molecule has 1 aromatic carbocycles. The summed E-state index contributed by atoms with van der Waals surface area (Å²) in [6.07, 6.45) is 0.857. The van der Waals surface area contributed by atoms with Crippen molar-refractivity contribution in [2.75, 3.05) is 0 Å². The van der Waals surface area contributed by atoms with E-state index < -0.39 is 13.2 Å². The first-order chi connectivity index (χ1) is 6.41. The fraction of sp³-hybridized carbons (Fsp3) is 0.111. The van der Waals surface area contributed by atoms with E-state index in [1.165, 1.54) is 0 Å². The summed E-state index contributed by atoms with van der Waals surface area (Å²) in [4.78, 5) is 17.0. The SMILES string of the molecule is Cc1ccccc1C=C(F)P(=O)(O)O. The van der Waals surface area contributed by atoms with E-state index in [0.29, 0.717) is 5.56 Å². The summed E-state index contributed by atoms with van der Waals surface area (Å²) in [6, 6.07) is 6.76. The minimum absolute atomic E-state index is 0.466. The normalized spacial score (nSPS) is 13.0. The van der Waals surface area contributed by atoms with Crippen molar-refractivity contribution in [3.63, 3.8) is 0 Å². The average Bonchev–Trinajstić information content (AvgIpc) is 2.07. The zero-order valence-corrected chi connectivity index (χ0v) is 8.41. The van der Waals surface area contributed by atoms with Gasteiger partial charge in [0, 0.05) is 0 Å². The molecule has 0 bridgehead atoms. The zero-order chi connectivity index (χ0) is 10.8. The predicted molar refractivity (Wildman–Crippen MR) is 52.3 cm³/mol.